The number of rotatable bonds is 6. The number of aryl methyl sites for hydroxylation is 2. The number of amides is 1. The van der Waals surface area contributed by atoms with Crippen LogP contribution >= 0.6 is 0 Å². The maximum atomic E-state index is 12.8. The van der Waals surface area contributed by atoms with E-state index >= 15 is 0 Å². The van der Waals surface area contributed by atoms with Crippen LogP contribution in [-0.2, 0) is 21.2 Å². The fraction of sp³-hybridized carbons (Fsp3) is 0.333. The number of benzene rings is 2. The van der Waals surface area contributed by atoms with Gasteiger partial charge in [0, 0.05) is 30.5 Å². The minimum atomic E-state index is -3.69. The zero-order valence-corrected chi connectivity index (χ0v) is 19.4. The summed E-state index contributed by atoms with van der Waals surface area (Å²) in [5.74, 6) is -0.690. The van der Waals surface area contributed by atoms with Crippen molar-refractivity contribution in [2.24, 2.45) is 0 Å². The molecule has 8 nitrogen and oxygen atoms in total. The molecule has 174 valence electrons. The summed E-state index contributed by atoms with van der Waals surface area (Å²) in [6.45, 7) is 4.64. The van der Waals surface area contributed by atoms with Crippen LogP contribution in [-0.4, -0.2) is 36.8 Å². The van der Waals surface area contributed by atoms with Gasteiger partial charge in [-0.2, -0.15) is 4.31 Å². The van der Waals surface area contributed by atoms with E-state index in [0.29, 0.717) is 24.2 Å². The van der Waals surface area contributed by atoms with Crippen molar-refractivity contribution in [3.8, 4) is 5.75 Å². The van der Waals surface area contributed by atoms with Crippen LogP contribution in [0.25, 0.3) is 11.0 Å². The molecular formula is C24H26N2O6S. The summed E-state index contributed by atoms with van der Waals surface area (Å²) < 4.78 is 32.4. The first-order chi connectivity index (χ1) is 15.7. The molecule has 33 heavy (non-hydrogen) atoms. The average Bonchev–Trinajstić information content (AvgIpc) is 3.30. The van der Waals surface area contributed by atoms with Gasteiger partial charge in [0.25, 0.3) is 0 Å². The number of aromatic hydroxyl groups is 1. The Balaban J connectivity index is 1.51. The van der Waals surface area contributed by atoms with Crippen molar-refractivity contribution in [1.82, 2.24) is 4.31 Å². The SMILES string of the molecule is Cc1ccc2c(C)c(CCC(=O)Nc3cc(S(=O)(=O)N4CCCC4)ccc3O)c(=O)oc2c1. The molecule has 1 fully saturated rings. The molecular weight excluding hydrogens is 444 g/mol. The molecule has 2 heterocycles. The first-order valence-corrected chi connectivity index (χ1v) is 12.3. The van der Waals surface area contributed by atoms with E-state index in [1.165, 1.54) is 22.5 Å². The Labute approximate surface area is 191 Å². The van der Waals surface area contributed by atoms with Gasteiger partial charge in [0.05, 0.1) is 10.6 Å². The number of fused-ring (bicyclic) bond motifs is 1. The summed E-state index contributed by atoms with van der Waals surface area (Å²) in [4.78, 5) is 25.0. The number of carbonyl (C=O) groups is 1. The number of nitrogens with one attached hydrogen (secondary N) is 1. The highest BCUT2D eigenvalue weighted by Gasteiger charge is 2.28. The van der Waals surface area contributed by atoms with Gasteiger partial charge in [0.2, 0.25) is 15.9 Å². The maximum Gasteiger partial charge on any atom is 0.339 e. The molecule has 9 heteroatoms. The number of phenolic OH excluding ortho intramolecular Hbond substituents is 1. The van der Waals surface area contributed by atoms with E-state index in [2.05, 4.69) is 5.32 Å². The lowest BCUT2D eigenvalue weighted by Gasteiger charge is -2.16. The second-order valence-corrected chi connectivity index (χ2v) is 10.3. The molecule has 3 aromatic rings. The van der Waals surface area contributed by atoms with E-state index in [4.69, 9.17) is 4.42 Å². The Morgan fingerprint density at radius 2 is 1.85 bits per heavy atom. The lowest BCUT2D eigenvalue weighted by molar-refractivity contribution is -0.116. The summed E-state index contributed by atoms with van der Waals surface area (Å²) in [7, 11) is -3.69. The Morgan fingerprint density at radius 1 is 1.12 bits per heavy atom. The van der Waals surface area contributed by atoms with Crippen LogP contribution in [0, 0.1) is 13.8 Å². The number of nitrogens with zero attached hydrogens (tertiary/aromatic N) is 1. The molecule has 2 aromatic carbocycles. The molecule has 0 radical (unpaired) electrons. The molecule has 0 unspecified atom stereocenters. The second kappa shape index (κ2) is 8.99. The molecule has 2 N–H and O–H groups in total. The fourth-order valence-corrected chi connectivity index (χ4v) is 5.64. The van der Waals surface area contributed by atoms with Crippen molar-refractivity contribution in [3.05, 3.63) is 63.5 Å². The topological polar surface area (TPSA) is 117 Å². The van der Waals surface area contributed by atoms with Gasteiger partial charge < -0.3 is 14.8 Å². The predicted molar refractivity (Wildman–Crippen MR) is 125 cm³/mol. The average molecular weight is 471 g/mol. The third-order valence-corrected chi connectivity index (χ3v) is 7.88. The first kappa shape index (κ1) is 23.0. The van der Waals surface area contributed by atoms with Gasteiger partial charge in [-0.05, 0) is 68.5 Å². The molecule has 0 aliphatic carbocycles. The van der Waals surface area contributed by atoms with E-state index in [-0.39, 0.29) is 29.2 Å². The van der Waals surface area contributed by atoms with Gasteiger partial charge in [-0.25, -0.2) is 13.2 Å². The Morgan fingerprint density at radius 3 is 2.58 bits per heavy atom. The summed E-state index contributed by atoms with van der Waals surface area (Å²) in [6.07, 6.45) is 1.73. The van der Waals surface area contributed by atoms with Crippen molar-refractivity contribution in [1.29, 1.82) is 0 Å². The normalized spacial score (nSPS) is 14.6. The van der Waals surface area contributed by atoms with E-state index < -0.39 is 21.6 Å². The molecule has 0 bridgehead atoms. The van der Waals surface area contributed by atoms with Gasteiger partial charge in [-0.3, -0.25) is 4.79 Å². The van der Waals surface area contributed by atoms with Crippen LogP contribution in [0.2, 0.25) is 0 Å². The van der Waals surface area contributed by atoms with E-state index in [1.807, 2.05) is 26.0 Å². The van der Waals surface area contributed by atoms with Gasteiger partial charge in [0.15, 0.2) is 0 Å². The van der Waals surface area contributed by atoms with Gasteiger partial charge in [-0.15, -0.1) is 0 Å². The quantitative estimate of drug-likeness (QED) is 0.421. The van der Waals surface area contributed by atoms with E-state index in [0.717, 1.165) is 29.4 Å². The summed E-state index contributed by atoms with van der Waals surface area (Å²) >= 11 is 0. The van der Waals surface area contributed by atoms with Crippen LogP contribution in [0.4, 0.5) is 5.69 Å². The predicted octanol–water partition coefficient (Wildman–Crippen LogP) is 3.47. The Bertz CT molecular complexity index is 1390. The minimum absolute atomic E-state index is 0.0121. The maximum absolute atomic E-state index is 12.8. The van der Waals surface area contributed by atoms with E-state index in [1.54, 1.807) is 6.07 Å². The Kier molecular flexibility index (Phi) is 6.27. The Hall–Kier alpha value is -3.17. The largest absolute Gasteiger partial charge is 0.506 e. The number of sulfonamides is 1. The van der Waals surface area contributed by atoms with Gasteiger partial charge in [0.1, 0.15) is 11.3 Å². The molecule has 0 saturated carbocycles. The molecule has 1 saturated heterocycles. The number of carbonyl (C=O) groups excluding carboxylic acids is 1. The van der Waals surface area contributed by atoms with Crippen molar-refractivity contribution >= 4 is 32.6 Å². The highest BCUT2D eigenvalue weighted by Crippen LogP contribution is 2.29. The molecule has 4 rings (SSSR count). The zero-order valence-electron chi connectivity index (χ0n) is 18.6. The molecule has 0 spiro atoms. The number of anilines is 1. The van der Waals surface area contributed by atoms with Crippen LogP contribution < -0.4 is 10.9 Å². The molecule has 1 aliphatic heterocycles. The number of hydrogen-bond acceptors (Lipinski definition) is 6. The summed E-state index contributed by atoms with van der Waals surface area (Å²) in [6, 6.07) is 9.45. The third-order valence-electron chi connectivity index (χ3n) is 5.99. The highest BCUT2D eigenvalue weighted by atomic mass is 32.2. The number of hydrogen-bond donors (Lipinski definition) is 2. The van der Waals surface area contributed by atoms with Crippen molar-refractivity contribution in [3.63, 3.8) is 0 Å². The molecule has 1 aromatic heterocycles. The van der Waals surface area contributed by atoms with Crippen molar-refractivity contribution < 1.29 is 22.7 Å². The lowest BCUT2D eigenvalue weighted by Crippen LogP contribution is -2.28. The van der Waals surface area contributed by atoms with Crippen LogP contribution in [0.5, 0.6) is 5.75 Å². The molecule has 1 aliphatic rings. The minimum Gasteiger partial charge on any atom is -0.506 e. The second-order valence-electron chi connectivity index (χ2n) is 8.33. The standard InChI is InChI=1S/C24H26N2O6S/c1-15-5-7-18-16(2)19(24(29)32-22(18)13-15)8-10-23(28)25-20-14-17(6-9-21(20)27)33(30,31)26-11-3-4-12-26/h5-7,9,13-14,27H,3-4,8,10-12H2,1-2H3,(H,25,28). The molecule has 0 atom stereocenters. The highest BCUT2D eigenvalue weighted by molar-refractivity contribution is 7.89. The summed E-state index contributed by atoms with van der Waals surface area (Å²) in [5.41, 5.74) is 2.18. The van der Waals surface area contributed by atoms with E-state index in [9.17, 15) is 23.1 Å². The van der Waals surface area contributed by atoms with Crippen molar-refractivity contribution in [2.75, 3.05) is 18.4 Å². The lowest BCUT2D eigenvalue weighted by atomic mass is 10.0. The first-order valence-electron chi connectivity index (χ1n) is 10.8. The van der Waals surface area contributed by atoms with Gasteiger partial charge >= 0.3 is 5.63 Å². The third kappa shape index (κ3) is 4.65. The van der Waals surface area contributed by atoms with Gasteiger partial charge in [-0.1, -0.05) is 12.1 Å². The monoisotopic (exact) mass is 470 g/mol. The summed E-state index contributed by atoms with van der Waals surface area (Å²) in [5, 5.41) is 13.5. The van der Waals surface area contributed by atoms with Crippen LogP contribution in [0.1, 0.15) is 36.0 Å². The molecule has 1 amide bonds. The van der Waals surface area contributed by atoms with Crippen molar-refractivity contribution in [2.45, 2.75) is 44.4 Å². The fourth-order valence-electron chi connectivity index (χ4n) is 4.09. The smallest absolute Gasteiger partial charge is 0.339 e. The zero-order chi connectivity index (χ0) is 23.8. The van der Waals surface area contributed by atoms with Crippen LogP contribution in [0.3, 0.4) is 0 Å². The number of phenols is 1. The van der Waals surface area contributed by atoms with Crippen LogP contribution in [0.15, 0.2) is 50.5 Å².